The van der Waals surface area contributed by atoms with Gasteiger partial charge in [0.25, 0.3) is 0 Å². The summed E-state index contributed by atoms with van der Waals surface area (Å²) in [6.07, 6.45) is 3.89. The predicted octanol–water partition coefficient (Wildman–Crippen LogP) is 6.02. The van der Waals surface area contributed by atoms with Gasteiger partial charge in [0.1, 0.15) is 11.5 Å². The van der Waals surface area contributed by atoms with Gasteiger partial charge in [-0.2, -0.15) is 0 Å². The van der Waals surface area contributed by atoms with Crippen molar-refractivity contribution in [2.75, 3.05) is 19.1 Å². The number of ketones is 3. The Morgan fingerprint density at radius 2 is 1.39 bits per heavy atom. The SMILES string of the molecule is COc1ccc([C@@H]2[C@@H](C(=O)c3ccccc3)N3c4ccccc4C=C[C@@H]3C23C(=O)c2ccccc2C3=O)cc1OC. The van der Waals surface area contributed by atoms with Crippen LogP contribution in [0.2, 0.25) is 0 Å². The van der Waals surface area contributed by atoms with Crippen LogP contribution in [-0.4, -0.2) is 43.7 Å². The van der Waals surface area contributed by atoms with Gasteiger partial charge in [-0.05, 0) is 29.3 Å². The zero-order valence-corrected chi connectivity index (χ0v) is 22.6. The van der Waals surface area contributed by atoms with Gasteiger partial charge in [-0.1, -0.05) is 91.0 Å². The highest BCUT2D eigenvalue weighted by Gasteiger charge is 2.71. The Hall–Kier alpha value is -4.97. The van der Waals surface area contributed by atoms with Crippen LogP contribution in [0.4, 0.5) is 5.69 Å². The molecular weight excluding hydrogens is 514 g/mol. The summed E-state index contributed by atoms with van der Waals surface area (Å²) < 4.78 is 11.2. The second kappa shape index (κ2) is 9.30. The molecule has 0 aromatic heterocycles. The molecule has 3 aliphatic rings. The maximum Gasteiger partial charge on any atom is 0.185 e. The minimum absolute atomic E-state index is 0.158. The number of anilines is 1. The number of Topliss-reactive ketones (excluding diaryl/α,β-unsaturated/α-hetero) is 3. The molecule has 0 bridgehead atoms. The topological polar surface area (TPSA) is 72.9 Å². The second-order valence-corrected chi connectivity index (χ2v) is 10.6. The van der Waals surface area contributed by atoms with Crippen LogP contribution in [0.15, 0.2) is 103 Å². The molecule has 0 N–H and O–H groups in total. The highest BCUT2D eigenvalue weighted by molar-refractivity contribution is 6.32. The molecule has 202 valence electrons. The first kappa shape index (κ1) is 25.0. The Labute approximate surface area is 237 Å². The van der Waals surface area contributed by atoms with Gasteiger partial charge in [-0.15, -0.1) is 0 Å². The number of carbonyl (C=O) groups excluding carboxylic acids is 3. The molecule has 2 aliphatic heterocycles. The van der Waals surface area contributed by atoms with E-state index in [9.17, 15) is 14.4 Å². The fourth-order valence-corrected chi connectivity index (χ4v) is 7.11. The lowest BCUT2D eigenvalue weighted by Crippen LogP contribution is -2.48. The van der Waals surface area contributed by atoms with Crippen LogP contribution in [0, 0.1) is 5.41 Å². The number of methoxy groups -OCH3 is 2. The lowest BCUT2D eigenvalue weighted by Gasteiger charge is -2.37. The van der Waals surface area contributed by atoms with Gasteiger partial charge in [-0.3, -0.25) is 14.4 Å². The summed E-state index contributed by atoms with van der Waals surface area (Å²) >= 11 is 0. The molecule has 1 fully saturated rings. The van der Waals surface area contributed by atoms with Crippen LogP contribution in [0.3, 0.4) is 0 Å². The van der Waals surface area contributed by atoms with E-state index < -0.39 is 23.4 Å². The predicted molar refractivity (Wildman–Crippen MR) is 156 cm³/mol. The van der Waals surface area contributed by atoms with Crippen LogP contribution >= 0.6 is 0 Å². The van der Waals surface area contributed by atoms with Gasteiger partial charge >= 0.3 is 0 Å². The van der Waals surface area contributed by atoms with Crippen molar-refractivity contribution in [1.82, 2.24) is 0 Å². The van der Waals surface area contributed by atoms with E-state index in [1.54, 1.807) is 62.8 Å². The van der Waals surface area contributed by atoms with Crippen molar-refractivity contribution in [3.8, 4) is 11.5 Å². The Morgan fingerprint density at radius 1 is 0.756 bits per heavy atom. The Balaban J connectivity index is 1.56. The monoisotopic (exact) mass is 541 g/mol. The van der Waals surface area contributed by atoms with Gasteiger partial charge in [0.2, 0.25) is 0 Å². The number of fused-ring (bicyclic) bond motifs is 5. The van der Waals surface area contributed by atoms with E-state index in [0.29, 0.717) is 33.8 Å². The van der Waals surface area contributed by atoms with E-state index in [1.165, 1.54) is 0 Å². The smallest absolute Gasteiger partial charge is 0.185 e. The fraction of sp³-hybridized carbons (Fsp3) is 0.171. The minimum atomic E-state index is -1.57. The average molecular weight is 542 g/mol. The third-order valence-electron chi connectivity index (χ3n) is 8.81. The zero-order valence-electron chi connectivity index (χ0n) is 22.6. The van der Waals surface area contributed by atoms with E-state index >= 15 is 0 Å². The lowest BCUT2D eigenvalue weighted by atomic mass is 9.64. The Morgan fingerprint density at radius 3 is 2.07 bits per heavy atom. The van der Waals surface area contributed by atoms with E-state index in [2.05, 4.69) is 0 Å². The molecule has 0 unspecified atom stereocenters. The summed E-state index contributed by atoms with van der Waals surface area (Å²) in [6, 6.07) is 27.7. The number of hydrogen-bond donors (Lipinski definition) is 0. The molecule has 41 heavy (non-hydrogen) atoms. The van der Waals surface area contributed by atoms with Gasteiger partial charge in [0, 0.05) is 28.3 Å². The molecule has 0 radical (unpaired) electrons. The molecule has 1 saturated heterocycles. The van der Waals surface area contributed by atoms with Crippen molar-refractivity contribution in [3.63, 3.8) is 0 Å². The molecule has 4 aromatic carbocycles. The number of benzene rings is 4. The van der Waals surface area contributed by atoms with Crippen molar-refractivity contribution < 1.29 is 23.9 Å². The molecule has 0 saturated carbocycles. The standard InChI is InChI=1S/C35H27NO5/c1-40-27-18-16-23(20-28(27)41-2)30-31(32(37)22-11-4-3-5-12-22)36-26-15-9-6-10-21(26)17-19-29(36)35(30)33(38)24-13-7-8-14-25(24)34(35)39/h3-20,29-31H,1-2H3/t29-,30-,31+/m1/s1. The summed E-state index contributed by atoms with van der Waals surface area (Å²) in [7, 11) is 3.10. The van der Waals surface area contributed by atoms with Crippen LogP contribution < -0.4 is 14.4 Å². The fourth-order valence-electron chi connectivity index (χ4n) is 7.11. The van der Waals surface area contributed by atoms with E-state index in [0.717, 1.165) is 11.3 Å². The average Bonchev–Trinajstić information content (AvgIpc) is 3.47. The third-order valence-corrected chi connectivity index (χ3v) is 8.81. The molecule has 1 spiro atoms. The van der Waals surface area contributed by atoms with Crippen molar-refractivity contribution in [2.45, 2.75) is 18.0 Å². The number of hydrogen-bond acceptors (Lipinski definition) is 6. The molecule has 0 amide bonds. The molecule has 7 rings (SSSR count). The lowest BCUT2D eigenvalue weighted by molar-refractivity contribution is 0.0665. The Kier molecular flexibility index (Phi) is 5.68. The largest absolute Gasteiger partial charge is 0.493 e. The van der Waals surface area contributed by atoms with Crippen molar-refractivity contribution in [2.24, 2.45) is 5.41 Å². The van der Waals surface area contributed by atoms with E-state index in [4.69, 9.17) is 9.47 Å². The zero-order chi connectivity index (χ0) is 28.3. The summed E-state index contributed by atoms with van der Waals surface area (Å²) in [5, 5.41) is 0. The number of carbonyl (C=O) groups is 3. The molecular formula is C35H27NO5. The summed E-state index contributed by atoms with van der Waals surface area (Å²) in [4.78, 5) is 46.1. The number of ether oxygens (including phenoxy) is 2. The highest BCUT2D eigenvalue weighted by atomic mass is 16.5. The normalized spacial score (nSPS) is 21.4. The molecule has 1 aliphatic carbocycles. The van der Waals surface area contributed by atoms with Gasteiger partial charge in [0.15, 0.2) is 28.8 Å². The summed E-state index contributed by atoms with van der Waals surface area (Å²) in [5.41, 5.74) is 2.13. The first-order chi connectivity index (χ1) is 20.0. The van der Waals surface area contributed by atoms with E-state index in [1.807, 2.05) is 65.6 Å². The summed E-state index contributed by atoms with van der Waals surface area (Å²) in [6.45, 7) is 0. The first-order valence-electron chi connectivity index (χ1n) is 13.6. The van der Waals surface area contributed by atoms with Crippen LogP contribution in [0.5, 0.6) is 11.5 Å². The molecule has 6 heteroatoms. The number of nitrogens with zero attached hydrogens (tertiary/aromatic N) is 1. The first-order valence-corrected chi connectivity index (χ1v) is 13.6. The molecule has 4 aromatic rings. The van der Waals surface area contributed by atoms with Crippen LogP contribution in [0.1, 0.15) is 48.1 Å². The number of rotatable bonds is 5. The van der Waals surface area contributed by atoms with E-state index in [-0.39, 0.29) is 17.3 Å². The van der Waals surface area contributed by atoms with Crippen LogP contribution in [-0.2, 0) is 0 Å². The molecule has 3 atom stereocenters. The quantitative estimate of drug-likeness (QED) is 0.227. The van der Waals surface area contributed by atoms with Crippen LogP contribution in [0.25, 0.3) is 6.08 Å². The second-order valence-electron chi connectivity index (χ2n) is 10.6. The van der Waals surface area contributed by atoms with Gasteiger partial charge in [0.05, 0.1) is 20.3 Å². The maximum atomic E-state index is 14.7. The minimum Gasteiger partial charge on any atom is -0.493 e. The maximum absolute atomic E-state index is 14.7. The highest BCUT2D eigenvalue weighted by Crippen LogP contribution is 2.61. The summed E-state index contributed by atoms with van der Waals surface area (Å²) in [5.74, 6) is -0.524. The van der Waals surface area contributed by atoms with Gasteiger partial charge in [-0.25, -0.2) is 0 Å². The third kappa shape index (κ3) is 3.34. The van der Waals surface area contributed by atoms with Crippen molar-refractivity contribution >= 4 is 29.1 Å². The molecule has 2 heterocycles. The van der Waals surface area contributed by atoms with Gasteiger partial charge < -0.3 is 14.4 Å². The Bertz CT molecular complexity index is 1720. The number of para-hydroxylation sites is 1. The van der Waals surface area contributed by atoms with Crippen molar-refractivity contribution in [3.05, 3.63) is 131 Å². The molecule has 6 nitrogen and oxygen atoms in total. The van der Waals surface area contributed by atoms with Crippen molar-refractivity contribution in [1.29, 1.82) is 0 Å².